The summed E-state index contributed by atoms with van der Waals surface area (Å²) >= 11 is 2.03. The third kappa shape index (κ3) is 5.79. The van der Waals surface area contributed by atoms with Gasteiger partial charge in [-0.25, -0.2) is 0 Å². The summed E-state index contributed by atoms with van der Waals surface area (Å²) in [4.78, 5) is 0. The number of ether oxygens (including phenoxy) is 1. The van der Waals surface area contributed by atoms with Crippen molar-refractivity contribution in [2.75, 3.05) is 26.0 Å². The average molecular weight is 231 g/mol. The third-order valence-electron chi connectivity index (χ3n) is 2.99. The summed E-state index contributed by atoms with van der Waals surface area (Å²) in [6, 6.07) is 0.737. The van der Waals surface area contributed by atoms with Crippen LogP contribution in [-0.2, 0) is 4.74 Å². The van der Waals surface area contributed by atoms with Crippen LogP contribution in [0.25, 0.3) is 0 Å². The Balaban J connectivity index is 2.00. The second kappa shape index (κ2) is 8.43. The van der Waals surface area contributed by atoms with Crippen LogP contribution in [0.1, 0.15) is 39.0 Å². The first-order valence-corrected chi connectivity index (χ1v) is 7.49. The Morgan fingerprint density at radius 3 is 2.93 bits per heavy atom. The zero-order valence-electron chi connectivity index (χ0n) is 10.1. The molecule has 90 valence electrons. The molecule has 0 aromatic heterocycles. The van der Waals surface area contributed by atoms with Crippen LogP contribution in [0.2, 0.25) is 0 Å². The largest absolute Gasteiger partial charge is 0.380 e. The second-order valence-corrected chi connectivity index (χ2v) is 5.43. The minimum absolute atomic E-state index is 0.737. The van der Waals surface area contributed by atoms with Gasteiger partial charge < -0.3 is 10.1 Å². The molecule has 1 aliphatic rings. The van der Waals surface area contributed by atoms with Gasteiger partial charge in [0, 0.05) is 24.4 Å². The lowest BCUT2D eigenvalue weighted by molar-refractivity contribution is 0.133. The molecule has 0 aliphatic heterocycles. The van der Waals surface area contributed by atoms with Crippen LogP contribution in [0.5, 0.6) is 0 Å². The topological polar surface area (TPSA) is 21.3 Å². The normalized spacial score (nSPS) is 26.8. The molecule has 0 radical (unpaired) electrons. The van der Waals surface area contributed by atoms with Crippen LogP contribution in [0.15, 0.2) is 0 Å². The van der Waals surface area contributed by atoms with E-state index in [-0.39, 0.29) is 0 Å². The van der Waals surface area contributed by atoms with Crippen molar-refractivity contribution in [1.82, 2.24) is 5.32 Å². The standard InChI is InChI=1S/C12H25NOS/c1-3-8-14-9-7-13-11-5-4-6-12(10-11)15-2/h11-13H,3-10H2,1-2H3. The maximum absolute atomic E-state index is 5.46. The first-order chi connectivity index (χ1) is 7.36. The smallest absolute Gasteiger partial charge is 0.0590 e. The molecule has 0 saturated heterocycles. The Morgan fingerprint density at radius 2 is 2.20 bits per heavy atom. The summed E-state index contributed by atoms with van der Waals surface area (Å²) in [5, 5.41) is 4.49. The van der Waals surface area contributed by atoms with E-state index in [1.54, 1.807) is 0 Å². The zero-order valence-corrected chi connectivity index (χ0v) is 10.9. The maximum atomic E-state index is 5.46. The fourth-order valence-corrected chi connectivity index (χ4v) is 2.95. The predicted molar refractivity (Wildman–Crippen MR) is 68.7 cm³/mol. The lowest BCUT2D eigenvalue weighted by Gasteiger charge is -2.28. The number of rotatable bonds is 7. The van der Waals surface area contributed by atoms with E-state index in [0.717, 1.165) is 37.5 Å². The lowest BCUT2D eigenvalue weighted by Crippen LogP contribution is -2.37. The first kappa shape index (κ1) is 13.3. The Hall–Kier alpha value is 0.270. The van der Waals surface area contributed by atoms with Crippen molar-refractivity contribution in [3.63, 3.8) is 0 Å². The molecule has 2 nitrogen and oxygen atoms in total. The minimum atomic E-state index is 0.737. The van der Waals surface area contributed by atoms with Gasteiger partial charge in [0.1, 0.15) is 0 Å². The molecule has 15 heavy (non-hydrogen) atoms. The zero-order chi connectivity index (χ0) is 10.9. The Labute approximate surface area is 98.5 Å². The third-order valence-corrected chi connectivity index (χ3v) is 4.08. The van der Waals surface area contributed by atoms with E-state index in [9.17, 15) is 0 Å². The molecule has 2 atom stereocenters. The molecule has 3 heteroatoms. The van der Waals surface area contributed by atoms with Crippen LogP contribution in [0.4, 0.5) is 0 Å². The van der Waals surface area contributed by atoms with E-state index in [2.05, 4.69) is 18.5 Å². The van der Waals surface area contributed by atoms with Gasteiger partial charge in [0.25, 0.3) is 0 Å². The van der Waals surface area contributed by atoms with E-state index in [0.29, 0.717) is 0 Å². The van der Waals surface area contributed by atoms with E-state index in [1.807, 2.05) is 11.8 Å². The summed E-state index contributed by atoms with van der Waals surface area (Å²) in [7, 11) is 0. The van der Waals surface area contributed by atoms with Crippen molar-refractivity contribution in [2.45, 2.75) is 50.3 Å². The number of nitrogens with one attached hydrogen (secondary N) is 1. The molecular formula is C12H25NOS. The fourth-order valence-electron chi connectivity index (χ4n) is 2.13. The molecule has 0 aromatic rings. The van der Waals surface area contributed by atoms with E-state index >= 15 is 0 Å². The minimum Gasteiger partial charge on any atom is -0.380 e. The van der Waals surface area contributed by atoms with Gasteiger partial charge in [-0.05, 0) is 31.9 Å². The van der Waals surface area contributed by atoms with E-state index in [1.165, 1.54) is 25.7 Å². The highest BCUT2D eigenvalue weighted by molar-refractivity contribution is 7.99. The molecule has 0 spiro atoms. The molecule has 1 N–H and O–H groups in total. The van der Waals surface area contributed by atoms with Crippen LogP contribution in [0, 0.1) is 0 Å². The van der Waals surface area contributed by atoms with Gasteiger partial charge in [0.2, 0.25) is 0 Å². The SMILES string of the molecule is CCCOCCNC1CCCC(SC)C1. The Bertz CT molecular complexity index is 155. The molecule has 0 bridgehead atoms. The van der Waals surface area contributed by atoms with Crippen molar-refractivity contribution < 1.29 is 4.74 Å². The molecular weight excluding hydrogens is 206 g/mol. The summed E-state index contributed by atoms with van der Waals surface area (Å²) in [6.45, 7) is 4.94. The summed E-state index contributed by atoms with van der Waals surface area (Å²) in [5.74, 6) is 0. The Kier molecular flexibility index (Phi) is 7.49. The summed E-state index contributed by atoms with van der Waals surface area (Å²) in [5.41, 5.74) is 0. The van der Waals surface area contributed by atoms with Crippen molar-refractivity contribution in [3.05, 3.63) is 0 Å². The monoisotopic (exact) mass is 231 g/mol. The van der Waals surface area contributed by atoms with E-state index < -0.39 is 0 Å². The van der Waals surface area contributed by atoms with Crippen molar-refractivity contribution >= 4 is 11.8 Å². The van der Waals surface area contributed by atoms with Gasteiger partial charge in [-0.3, -0.25) is 0 Å². The molecule has 1 aliphatic carbocycles. The van der Waals surface area contributed by atoms with Crippen LogP contribution >= 0.6 is 11.8 Å². The molecule has 0 amide bonds. The second-order valence-electron chi connectivity index (χ2n) is 4.29. The number of thioether (sulfide) groups is 1. The van der Waals surface area contributed by atoms with Crippen LogP contribution < -0.4 is 5.32 Å². The molecule has 1 saturated carbocycles. The summed E-state index contributed by atoms with van der Waals surface area (Å²) < 4.78 is 5.46. The van der Waals surface area contributed by atoms with Gasteiger partial charge in [0.15, 0.2) is 0 Å². The van der Waals surface area contributed by atoms with Crippen LogP contribution in [0.3, 0.4) is 0 Å². The first-order valence-electron chi connectivity index (χ1n) is 6.20. The van der Waals surface area contributed by atoms with Gasteiger partial charge >= 0.3 is 0 Å². The highest BCUT2D eigenvalue weighted by Crippen LogP contribution is 2.26. The van der Waals surface area contributed by atoms with Gasteiger partial charge in [-0.2, -0.15) is 11.8 Å². The Morgan fingerprint density at radius 1 is 1.33 bits per heavy atom. The highest BCUT2D eigenvalue weighted by Gasteiger charge is 2.20. The average Bonchev–Trinajstić information content (AvgIpc) is 2.29. The highest BCUT2D eigenvalue weighted by atomic mass is 32.2. The summed E-state index contributed by atoms with van der Waals surface area (Å²) in [6.07, 6.45) is 8.85. The van der Waals surface area contributed by atoms with Crippen LogP contribution in [-0.4, -0.2) is 37.3 Å². The van der Waals surface area contributed by atoms with Crippen molar-refractivity contribution in [3.8, 4) is 0 Å². The fraction of sp³-hybridized carbons (Fsp3) is 1.00. The molecule has 0 heterocycles. The van der Waals surface area contributed by atoms with Gasteiger partial charge in [0.05, 0.1) is 6.61 Å². The lowest BCUT2D eigenvalue weighted by atomic mass is 9.95. The molecule has 2 unspecified atom stereocenters. The van der Waals surface area contributed by atoms with Crippen molar-refractivity contribution in [1.29, 1.82) is 0 Å². The maximum Gasteiger partial charge on any atom is 0.0590 e. The van der Waals surface area contributed by atoms with Crippen molar-refractivity contribution in [2.24, 2.45) is 0 Å². The number of hydrogen-bond donors (Lipinski definition) is 1. The van der Waals surface area contributed by atoms with Gasteiger partial charge in [-0.1, -0.05) is 13.3 Å². The molecule has 1 rings (SSSR count). The number of hydrogen-bond acceptors (Lipinski definition) is 3. The molecule has 0 aromatic carbocycles. The quantitative estimate of drug-likeness (QED) is 0.681. The predicted octanol–water partition coefficient (Wildman–Crippen LogP) is 2.68. The van der Waals surface area contributed by atoms with E-state index in [4.69, 9.17) is 4.74 Å². The molecule has 1 fully saturated rings. The van der Waals surface area contributed by atoms with Gasteiger partial charge in [-0.15, -0.1) is 0 Å².